The van der Waals surface area contributed by atoms with Gasteiger partial charge < -0.3 is 9.47 Å². The number of rotatable bonds is 4. The van der Waals surface area contributed by atoms with Gasteiger partial charge in [0.2, 0.25) is 6.79 Å². The summed E-state index contributed by atoms with van der Waals surface area (Å²) in [6.07, 6.45) is 1.22. The lowest BCUT2D eigenvalue weighted by Crippen LogP contribution is -2.14. The third-order valence-electron chi connectivity index (χ3n) is 3.55. The second kappa shape index (κ2) is 5.30. The van der Waals surface area contributed by atoms with Crippen LogP contribution in [0.5, 0.6) is 11.5 Å². The number of nitrogens with zero attached hydrogens (tertiary/aromatic N) is 2. The molecule has 0 amide bonds. The Balaban J connectivity index is 2.37. The van der Waals surface area contributed by atoms with Crippen LogP contribution in [0.3, 0.4) is 0 Å². The van der Waals surface area contributed by atoms with Crippen molar-refractivity contribution in [2.45, 2.75) is 40.5 Å². The van der Waals surface area contributed by atoms with Gasteiger partial charge in [0.05, 0.1) is 23.0 Å². The van der Waals surface area contributed by atoms with Crippen molar-refractivity contribution in [3.05, 3.63) is 23.3 Å². The summed E-state index contributed by atoms with van der Waals surface area (Å²) in [6.45, 7) is 7.81. The molecule has 0 saturated carbocycles. The van der Waals surface area contributed by atoms with E-state index >= 15 is 0 Å². The van der Waals surface area contributed by atoms with Crippen LogP contribution < -0.4 is 9.47 Å². The van der Waals surface area contributed by atoms with E-state index < -0.39 is 10.8 Å². The summed E-state index contributed by atoms with van der Waals surface area (Å²) in [5.41, 5.74) is 1.06. The van der Waals surface area contributed by atoms with E-state index in [4.69, 9.17) is 9.47 Å². The molecular weight excluding hydrogens is 264 g/mol. The summed E-state index contributed by atoms with van der Waals surface area (Å²) >= 11 is 0. The number of ether oxygens (including phenoxy) is 2. The van der Waals surface area contributed by atoms with Crippen molar-refractivity contribution in [2.24, 2.45) is 10.8 Å². The van der Waals surface area contributed by atoms with Crippen LogP contribution in [0.1, 0.15) is 38.8 Å². The van der Waals surface area contributed by atoms with Crippen molar-refractivity contribution in [1.29, 1.82) is 10.5 Å². The van der Waals surface area contributed by atoms with E-state index in [0.717, 1.165) is 22.6 Å². The Labute approximate surface area is 125 Å². The lowest BCUT2D eigenvalue weighted by molar-refractivity contribution is 0.172. The Kier molecular flexibility index (Phi) is 3.83. The zero-order valence-electron chi connectivity index (χ0n) is 13.0. The monoisotopic (exact) mass is 284 g/mol. The van der Waals surface area contributed by atoms with Crippen LogP contribution in [0.25, 0.3) is 0 Å². The average Bonchev–Trinajstić information content (AvgIpc) is 2.91. The molecule has 2 rings (SSSR count). The van der Waals surface area contributed by atoms with Gasteiger partial charge >= 0.3 is 0 Å². The highest BCUT2D eigenvalue weighted by Gasteiger charge is 2.28. The fourth-order valence-corrected chi connectivity index (χ4v) is 2.42. The Morgan fingerprint density at radius 3 is 1.62 bits per heavy atom. The zero-order valence-corrected chi connectivity index (χ0v) is 13.0. The summed E-state index contributed by atoms with van der Waals surface area (Å²) in [4.78, 5) is 0. The third kappa shape index (κ3) is 3.28. The third-order valence-corrected chi connectivity index (χ3v) is 3.55. The fourth-order valence-electron chi connectivity index (χ4n) is 2.42. The first-order chi connectivity index (χ1) is 9.78. The molecule has 1 aromatic rings. The molecule has 0 spiro atoms. The van der Waals surface area contributed by atoms with Crippen molar-refractivity contribution < 1.29 is 9.47 Å². The van der Waals surface area contributed by atoms with Gasteiger partial charge in [-0.1, -0.05) is 12.1 Å². The largest absolute Gasteiger partial charge is 0.453 e. The lowest BCUT2D eigenvalue weighted by atomic mass is 9.84. The fraction of sp³-hybridized carbons (Fsp3) is 0.529. The van der Waals surface area contributed by atoms with Gasteiger partial charge in [0.1, 0.15) is 0 Å². The van der Waals surface area contributed by atoms with E-state index in [9.17, 15) is 10.5 Å². The molecule has 4 heteroatoms. The molecule has 0 saturated heterocycles. The van der Waals surface area contributed by atoms with E-state index in [1.807, 2.05) is 39.8 Å². The highest BCUT2D eigenvalue weighted by Crippen LogP contribution is 2.43. The van der Waals surface area contributed by atoms with Gasteiger partial charge in [-0.15, -0.1) is 0 Å². The molecule has 0 N–H and O–H groups in total. The Morgan fingerprint density at radius 2 is 1.29 bits per heavy atom. The second-order valence-corrected chi connectivity index (χ2v) is 6.79. The smallest absolute Gasteiger partial charge is 0.231 e. The standard InChI is InChI=1S/C17H20N2O2/c1-16(2,9-18)7-12-5-6-13(8-17(3,4)10-19)15-14(12)20-11-21-15/h5-6H,7-8,11H2,1-4H3. The number of hydrogen-bond donors (Lipinski definition) is 0. The normalized spacial score (nSPS) is 13.6. The van der Waals surface area contributed by atoms with Crippen molar-refractivity contribution in [3.63, 3.8) is 0 Å². The molecule has 21 heavy (non-hydrogen) atoms. The first-order valence-corrected chi connectivity index (χ1v) is 7.01. The molecule has 0 bridgehead atoms. The van der Waals surface area contributed by atoms with E-state index in [1.165, 1.54) is 0 Å². The van der Waals surface area contributed by atoms with Crippen LogP contribution in [0.4, 0.5) is 0 Å². The first-order valence-electron chi connectivity index (χ1n) is 7.01. The van der Waals surface area contributed by atoms with Crippen molar-refractivity contribution in [2.75, 3.05) is 6.79 Å². The minimum Gasteiger partial charge on any atom is -0.453 e. The van der Waals surface area contributed by atoms with Crippen LogP contribution >= 0.6 is 0 Å². The average molecular weight is 284 g/mol. The Morgan fingerprint density at radius 1 is 0.905 bits per heavy atom. The molecule has 0 fully saturated rings. The van der Waals surface area contributed by atoms with Gasteiger partial charge in [-0.2, -0.15) is 10.5 Å². The van der Waals surface area contributed by atoms with Gasteiger partial charge in [0.15, 0.2) is 11.5 Å². The highest BCUT2D eigenvalue weighted by atomic mass is 16.7. The van der Waals surface area contributed by atoms with Gasteiger partial charge in [0, 0.05) is 0 Å². The zero-order chi connectivity index (χ0) is 15.7. The van der Waals surface area contributed by atoms with Crippen LogP contribution in [0.2, 0.25) is 0 Å². The molecule has 1 heterocycles. The maximum Gasteiger partial charge on any atom is 0.231 e. The van der Waals surface area contributed by atoms with Gasteiger partial charge in [0.25, 0.3) is 0 Å². The van der Waals surface area contributed by atoms with Gasteiger partial charge in [-0.05, 0) is 51.7 Å². The van der Waals surface area contributed by atoms with Crippen LogP contribution in [0, 0.1) is 33.5 Å². The summed E-state index contributed by atoms with van der Waals surface area (Å²) < 4.78 is 11.2. The predicted molar refractivity (Wildman–Crippen MR) is 78.8 cm³/mol. The Hall–Kier alpha value is -2.20. The minimum absolute atomic E-state index is 0.194. The minimum atomic E-state index is -0.451. The molecular formula is C17H20N2O2. The van der Waals surface area contributed by atoms with Gasteiger partial charge in [-0.25, -0.2) is 0 Å². The molecule has 4 nitrogen and oxygen atoms in total. The maximum absolute atomic E-state index is 9.19. The molecule has 0 unspecified atom stereocenters. The molecule has 1 aliphatic heterocycles. The molecule has 1 aliphatic rings. The van der Waals surface area contributed by atoms with E-state index in [-0.39, 0.29) is 6.79 Å². The first kappa shape index (κ1) is 15.2. The van der Waals surface area contributed by atoms with Crippen molar-refractivity contribution in [3.8, 4) is 23.6 Å². The molecule has 0 aromatic heterocycles. The van der Waals surface area contributed by atoms with E-state index in [1.54, 1.807) is 0 Å². The second-order valence-electron chi connectivity index (χ2n) is 6.79. The topological polar surface area (TPSA) is 66.0 Å². The van der Waals surface area contributed by atoms with E-state index in [2.05, 4.69) is 12.1 Å². The predicted octanol–water partition coefficient (Wildman–Crippen LogP) is 3.60. The molecule has 0 atom stereocenters. The summed E-state index contributed by atoms with van der Waals surface area (Å²) in [6, 6.07) is 8.57. The summed E-state index contributed by atoms with van der Waals surface area (Å²) in [7, 11) is 0. The Bertz CT molecular complexity index is 578. The number of fused-ring (bicyclic) bond motifs is 1. The molecule has 0 aliphatic carbocycles. The van der Waals surface area contributed by atoms with Crippen LogP contribution in [0.15, 0.2) is 12.1 Å². The lowest BCUT2D eigenvalue weighted by Gasteiger charge is -2.19. The van der Waals surface area contributed by atoms with Crippen LogP contribution in [-0.4, -0.2) is 6.79 Å². The number of nitriles is 2. The maximum atomic E-state index is 9.19. The summed E-state index contributed by atoms with van der Waals surface area (Å²) in [5, 5.41) is 18.4. The molecule has 1 aromatic carbocycles. The van der Waals surface area contributed by atoms with Crippen LogP contribution in [-0.2, 0) is 12.8 Å². The molecule has 0 radical (unpaired) electrons. The van der Waals surface area contributed by atoms with Crippen molar-refractivity contribution >= 4 is 0 Å². The van der Waals surface area contributed by atoms with E-state index in [0.29, 0.717) is 12.8 Å². The quantitative estimate of drug-likeness (QED) is 0.847. The number of benzene rings is 1. The van der Waals surface area contributed by atoms with Gasteiger partial charge in [-0.3, -0.25) is 0 Å². The molecule has 110 valence electrons. The SMILES string of the molecule is CC(C)(C#N)Cc1ccc(CC(C)(C)C#N)c2c1OCO2. The highest BCUT2D eigenvalue weighted by molar-refractivity contribution is 5.54. The van der Waals surface area contributed by atoms with Crippen molar-refractivity contribution in [1.82, 2.24) is 0 Å². The summed E-state index contributed by atoms with van der Waals surface area (Å²) in [5.74, 6) is 1.45. The number of hydrogen-bond acceptors (Lipinski definition) is 4.